The number of anilines is 1. The maximum Gasteiger partial charge on any atom is 0.301 e. The van der Waals surface area contributed by atoms with Gasteiger partial charge in [-0.2, -0.15) is 12.7 Å². The third kappa shape index (κ3) is 4.23. The van der Waals surface area contributed by atoms with Crippen molar-refractivity contribution in [2.24, 2.45) is 5.73 Å². The van der Waals surface area contributed by atoms with E-state index in [9.17, 15) is 8.42 Å². The molecule has 0 aliphatic heterocycles. The summed E-state index contributed by atoms with van der Waals surface area (Å²) in [6, 6.07) is 5.28. The van der Waals surface area contributed by atoms with E-state index >= 15 is 0 Å². The van der Waals surface area contributed by atoms with Crippen molar-refractivity contribution in [3.63, 3.8) is 0 Å². The van der Waals surface area contributed by atoms with E-state index in [1.165, 1.54) is 4.31 Å². The fraction of sp³-hybridized carbons (Fsp3) is 0.429. The summed E-state index contributed by atoms with van der Waals surface area (Å²) >= 11 is 0. The maximum atomic E-state index is 12.1. The van der Waals surface area contributed by atoms with Gasteiger partial charge in [-0.1, -0.05) is 31.8 Å². The van der Waals surface area contributed by atoms with Crippen LogP contribution < -0.4 is 10.5 Å². The Hall–Kier alpha value is -1.55. The standard InChI is InChI=1S/C14H21N3O2S/c1-4-17(5-2)20(18,19)16-14-9-8-12(3)13(11-14)7-6-10-15/h8-9,11,16H,4-5,10,15H2,1-3H3. The summed E-state index contributed by atoms with van der Waals surface area (Å²) < 4.78 is 28.2. The number of aryl methyl sites for hydroxylation is 1. The van der Waals surface area contributed by atoms with E-state index in [4.69, 9.17) is 5.73 Å². The van der Waals surface area contributed by atoms with E-state index in [0.29, 0.717) is 18.8 Å². The molecular weight excluding hydrogens is 274 g/mol. The second-order valence-corrected chi connectivity index (χ2v) is 5.90. The number of nitrogens with one attached hydrogen (secondary N) is 1. The average molecular weight is 295 g/mol. The van der Waals surface area contributed by atoms with Crippen molar-refractivity contribution in [1.29, 1.82) is 0 Å². The number of benzene rings is 1. The highest BCUT2D eigenvalue weighted by atomic mass is 32.2. The summed E-state index contributed by atoms with van der Waals surface area (Å²) in [5.74, 6) is 5.70. The van der Waals surface area contributed by atoms with E-state index in [-0.39, 0.29) is 6.54 Å². The van der Waals surface area contributed by atoms with Gasteiger partial charge in [0.05, 0.1) is 12.2 Å². The predicted molar refractivity (Wildman–Crippen MR) is 82.6 cm³/mol. The first-order valence-electron chi connectivity index (χ1n) is 6.52. The Labute approximate surface area is 121 Å². The van der Waals surface area contributed by atoms with E-state index < -0.39 is 10.2 Å². The molecule has 0 aliphatic rings. The molecule has 0 spiro atoms. The van der Waals surface area contributed by atoms with Gasteiger partial charge in [0.1, 0.15) is 0 Å². The lowest BCUT2D eigenvalue weighted by Gasteiger charge is -2.19. The van der Waals surface area contributed by atoms with Gasteiger partial charge in [-0.15, -0.1) is 0 Å². The highest BCUT2D eigenvalue weighted by Crippen LogP contribution is 2.16. The summed E-state index contributed by atoms with van der Waals surface area (Å²) in [5, 5.41) is 0. The zero-order valence-electron chi connectivity index (χ0n) is 12.1. The van der Waals surface area contributed by atoms with Gasteiger partial charge in [0.15, 0.2) is 0 Å². The smallest absolute Gasteiger partial charge is 0.301 e. The quantitative estimate of drug-likeness (QED) is 0.804. The highest BCUT2D eigenvalue weighted by molar-refractivity contribution is 7.90. The van der Waals surface area contributed by atoms with Crippen LogP contribution in [0, 0.1) is 18.8 Å². The van der Waals surface area contributed by atoms with Crippen LogP contribution in [-0.4, -0.2) is 32.4 Å². The molecule has 5 nitrogen and oxygen atoms in total. The molecule has 0 heterocycles. The van der Waals surface area contributed by atoms with Crippen LogP contribution in [0.5, 0.6) is 0 Å². The van der Waals surface area contributed by atoms with Crippen LogP contribution in [0.15, 0.2) is 18.2 Å². The van der Waals surface area contributed by atoms with Gasteiger partial charge >= 0.3 is 10.2 Å². The van der Waals surface area contributed by atoms with Gasteiger partial charge in [-0.3, -0.25) is 4.72 Å². The van der Waals surface area contributed by atoms with Crippen LogP contribution in [0.1, 0.15) is 25.0 Å². The van der Waals surface area contributed by atoms with Gasteiger partial charge in [-0.25, -0.2) is 0 Å². The molecule has 0 amide bonds. The fourth-order valence-electron chi connectivity index (χ4n) is 1.74. The Kier molecular flexibility index (Phi) is 6.02. The normalized spacial score (nSPS) is 11.1. The minimum absolute atomic E-state index is 0.273. The van der Waals surface area contributed by atoms with Gasteiger partial charge in [0.2, 0.25) is 0 Å². The van der Waals surface area contributed by atoms with Crippen LogP contribution in [0.25, 0.3) is 0 Å². The molecule has 1 aromatic rings. The fourth-order valence-corrected chi connectivity index (χ4v) is 2.98. The molecule has 20 heavy (non-hydrogen) atoms. The highest BCUT2D eigenvalue weighted by Gasteiger charge is 2.18. The molecule has 1 rings (SSSR count). The summed E-state index contributed by atoms with van der Waals surface area (Å²) in [7, 11) is -3.52. The van der Waals surface area contributed by atoms with Crippen LogP contribution in [0.2, 0.25) is 0 Å². The van der Waals surface area contributed by atoms with Gasteiger partial charge in [-0.05, 0) is 24.6 Å². The second-order valence-electron chi connectivity index (χ2n) is 4.23. The van der Waals surface area contributed by atoms with Crippen LogP contribution in [0.4, 0.5) is 5.69 Å². The molecule has 0 atom stereocenters. The molecule has 0 saturated heterocycles. The van der Waals surface area contributed by atoms with Crippen molar-refractivity contribution in [1.82, 2.24) is 4.31 Å². The minimum Gasteiger partial charge on any atom is -0.320 e. The van der Waals surface area contributed by atoms with Crippen molar-refractivity contribution < 1.29 is 8.42 Å². The Morgan fingerprint density at radius 2 is 1.95 bits per heavy atom. The molecule has 110 valence electrons. The minimum atomic E-state index is -3.52. The van der Waals surface area contributed by atoms with Crippen molar-refractivity contribution in [2.45, 2.75) is 20.8 Å². The van der Waals surface area contributed by atoms with Crippen molar-refractivity contribution >= 4 is 15.9 Å². The van der Waals surface area contributed by atoms with E-state index in [2.05, 4.69) is 16.6 Å². The summed E-state index contributed by atoms with van der Waals surface area (Å²) in [6.07, 6.45) is 0. The molecule has 1 aromatic carbocycles. The number of nitrogens with zero attached hydrogens (tertiary/aromatic N) is 1. The number of hydrogen-bond donors (Lipinski definition) is 2. The second kappa shape index (κ2) is 7.29. The van der Waals surface area contributed by atoms with Crippen molar-refractivity contribution in [3.8, 4) is 11.8 Å². The molecule has 0 aromatic heterocycles. The topological polar surface area (TPSA) is 75.4 Å². The summed E-state index contributed by atoms with van der Waals surface area (Å²) in [6.45, 7) is 6.65. The van der Waals surface area contributed by atoms with Crippen LogP contribution in [0.3, 0.4) is 0 Å². The molecule has 0 aliphatic carbocycles. The summed E-state index contributed by atoms with van der Waals surface area (Å²) in [4.78, 5) is 0. The maximum absolute atomic E-state index is 12.1. The average Bonchev–Trinajstić information content (AvgIpc) is 2.40. The number of rotatable bonds is 5. The summed E-state index contributed by atoms with van der Waals surface area (Å²) in [5.41, 5.74) is 7.61. The first kappa shape index (κ1) is 16.5. The monoisotopic (exact) mass is 295 g/mol. The van der Waals surface area contributed by atoms with Gasteiger partial charge < -0.3 is 5.73 Å². The Morgan fingerprint density at radius 1 is 1.30 bits per heavy atom. The van der Waals surface area contributed by atoms with E-state index in [1.54, 1.807) is 26.0 Å². The van der Waals surface area contributed by atoms with Crippen LogP contribution >= 0.6 is 0 Å². The third-order valence-electron chi connectivity index (χ3n) is 2.85. The largest absolute Gasteiger partial charge is 0.320 e. The van der Waals surface area contributed by atoms with Gasteiger partial charge in [0.25, 0.3) is 0 Å². The Balaban J connectivity index is 3.05. The lowest BCUT2D eigenvalue weighted by Crippen LogP contribution is -2.35. The predicted octanol–water partition coefficient (Wildman–Crippen LogP) is 1.30. The van der Waals surface area contributed by atoms with Gasteiger partial charge in [0, 0.05) is 18.7 Å². The Morgan fingerprint density at radius 3 is 2.50 bits per heavy atom. The lowest BCUT2D eigenvalue weighted by atomic mass is 10.1. The van der Waals surface area contributed by atoms with Crippen molar-refractivity contribution in [3.05, 3.63) is 29.3 Å². The molecule has 0 fully saturated rings. The first-order chi connectivity index (χ1) is 9.44. The zero-order chi connectivity index (χ0) is 15.2. The zero-order valence-corrected chi connectivity index (χ0v) is 12.9. The molecular formula is C14H21N3O2S. The number of hydrogen-bond acceptors (Lipinski definition) is 3. The lowest BCUT2D eigenvalue weighted by molar-refractivity contribution is 0.449. The van der Waals surface area contributed by atoms with E-state index in [1.807, 2.05) is 13.0 Å². The third-order valence-corrected chi connectivity index (χ3v) is 4.54. The van der Waals surface area contributed by atoms with Crippen LogP contribution in [-0.2, 0) is 10.2 Å². The SMILES string of the molecule is CCN(CC)S(=O)(=O)Nc1ccc(C)c(C#CCN)c1. The molecule has 0 saturated carbocycles. The molecule has 6 heteroatoms. The number of nitrogens with two attached hydrogens (primary N) is 1. The molecule has 0 radical (unpaired) electrons. The van der Waals surface area contributed by atoms with E-state index in [0.717, 1.165) is 11.1 Å². The first-order valence-corrected chi connectivity index (χ1v) is 7.96. The Bertz CT molecular complexity index is 611. The molecule has 0 unspecified atom stereocenters. The molecule has 0 bridgehead atoms. The van der Waals surface area contributed by atoms with Crippen molar-refractivity contribution in [2.75, 3.05) is 24.4 Å². The molecule has 3 N–H and O–H groups in total.